The number of rotatable bonds is 6. The first-order valence-electron chi connectivity index (χ1n) is 21.7. The molecule has 0 aliphatic heterocycles. The summed E-state index contributed by atoms with van der Waals surface area (Å²) < 4.78 is 12.5. The van der Waals surface area contributed by atoms with Crippen LogP contribution in [0.4, 0.5) is 17.1 Å². The molecule has 0 unspecified atom stereocenters. The second-order valence-electron chi connectivity index (χ2n) is 16.5. The number of benzene rings is 9. The molecule has 0 amide bonds. The summed E-state index contributed by atoms with van der Waals surface area (Å²) in [6, 6.07) is 72.0. The van der Waals surface area contributed by atoms with Gasteiger partial charge in [0.15, 0.2) is 0 Å². The van der Waals surface area contributed by atoms with E-state index in [2.05, 4.69) is 195 Å². The SMILES string of the molecule is CC.CC1(C)c2ccccc2-c2ccc(N(c3ccc(-c4ccc(-c5cccc6c5oc5ccccc56)cc4)cc3)c3ccc(-c4ccc5oc6ccccc6c5c4)cc3)cc21. The zero-order valence-corrected chi connectivity index (χ0v) is 35.3. The molecule has 9 aromatic carbocycles. The first-order valence-corrected chi connectivity index (χ1v) is 21.7. The molecule has 0 bridgehead atoms. The molecule has 1 aliphatic carbocycles. The van der Waals surface area contributed by atoms with Crippen molar-refractivity contribution in [1.29, 1.82) is 0 Å². The topological polar surface area (TPSA) is 29.5 Å². The van der Waals surface area contributed by atoms with Gasteiger partial charge in [0.25, 0.3) is 0 Å². The van der Waals surface area contributed by atoms with Gasteiger partial charge in [0, 0.05) is 49.6 Å². The summed E-state index contributed by atoms with van der Waals surface area (Å²) >= 11 is 0. The lowest BCUT2D eigenvalue weighted by molar-refractivity contribution is 0.660. The maximum Gasteiger partial charge on any atom is 0.143 e. The summed E-state index contributed by atoms with van der Waals surface area (Å²) in [7, 11) is 0. The molecule has 0 radical (unpaired) electrons. The fraction of sp³-hybridized carbons (Fsp3) is 0.0847. The van der Waals surface area contributed by atoms with Gasteiger partial charge in [-0.15, -0.1) is 0 Å². The van der Waals surface area contributed by atoms with Gasteiger partial charge in [0.05, 0.1) is 0 Å². The first kappa shape index (κ1) is 37.4. The number of fused-ring (bicyclic) bond motifs is 9. The van der Waals surface area contributed by atoms with Gasteiger partial charge in [0.2, 0.25) is 0 Å². The molecular formula is C59H45NO2. The molecule has 3 nitrogen and oxygen atoms in total. The Kier molecular flexibility index (Phi) is 8.94. The maximum atomic E-state index is 6.36. The fourth-order valence-corrected chi connectivity index (χ4v) is 9.61. The van der Waals surface area contributed by atoms with E-state index in [0.29, 0.717) is 0 Å². The lowest BCUT2D eigenvalue weighted by Crippen LogP contribution is -2.16. The van der Waals surface area contributed by atoms with Crippen LogP contribution in [0, 0.1) is 0 Å². The van der Waals surface area contributed by atoms with Gasteiger partial charge in [-0.2, -0.15) is 0 Å². The Balaban J connectivity index is 0.00000213. The molecule has 0 spiro atoms. The summed E-state index contributed by atoms with van der Waals surface area (Å²) in [6.45, 7) is 8.69. The van der Waals surface area contributed by atoms with Crippen LogP contribution in [-0.2, 0) is 5.41 Å². The standard InChI is InChI=1S/C57H39NO2.C2H6/c1-57(2)51-15-6-3-10-45(51)46-32-31-43(35-52(46)57)58(42-29-24-38(25-30-42)40-26-33-55-50(34-40)48-12-5-7-16-53(48)59-55)41-27-22-37(23-28-41)36-18-20-39(21-19-36)44-13-9-14-49-47-11-4-8-17-54(47)60-56(44)49;1-2/h3-35H,1-2H3;1-2H3. The fourth-order valence-electron chi connectivity index (χ4n) is 9.61. The van der Waals surface area contributed by atoms with Crippen molar-refractivity contribution >= 4 is 60.9 Å². The normalized spacial score (nSPS) is 12.6. The summed E-state index contributed by atoms with van der Waals surface area (Å²) in [5.74, 6) is 0. The van der Waals surface area contributed by atoms with Crippen molar-refractivity contribution in [1.82, 2.24) is 0 Å². The van der Waals surface area contributed by atoms with Crippen molar-refractivity contribution in [3.8, 4) is 44.5 Å². The van der Waals surface area contributed by atoms with E-state index < -0.39 is 0 Å². The van der Waals surface area contributed by atoms with E-state index in [4.69, 9.17) is 8.83 Å². The highest BCUT2D eigenvalue weighted by atomic mass is 16.3. The van der Waals surface area contributed by atoms with Crippen molar-refractivity contribution in [2.75, 3.05) is 4.90 Å². The molecule has 1 aliphatic rings. The second-order valence-corrected chi connectivity index (χ2v) is 16.5. The molecule has 12 rings (SSSR count). The third-order valence-corrected chi connectivity index (χ3v) is 12.7. The van der Waals surface area contributed by atoms with Crippen molar-refractivity contribution in [2.24, 2.45) is 0 Å². The highest BCUT2D eigenvalue weighted by Gasteiger charge is 2.35. The average molecular weight is 800 g/mol. The molecule has 62 heavy (non-hydrogen) atoms. The van der Waals surface area contributed by atoms with E-state index in [-0.39, 0.29) is 5.41 Å². The smallest absolute Gasteiger partial charge is 0.143 e. The van der Waals surface area contributed by atoms with Crippen LogP contribution in [0.15, 0.2) is 209 Å². The minimum atomic E-state index is -0.112. The third-order valence-electron chi connectivity index (χ3n) is 12.7. The monoisotopic (exact) mass is 799 g/mol. The number of anilines is 3. The predicted octanol–water partition coefficient (Wildman–Crippen LogP) is 17.3. The highest BCUT2D eigenvalue weighted by molar-refractivity contribution is 6.10. The quantitative estimate of drug-likeness (QED) is 0.168. The average Bonchev–Trinajstić information content (AvgIpc) is 3.98. The van der Waals surface area contributed by atoms with Crippen LogP contribution in [0.1, 0.15) is 38.8 Å². The summed E-state index contributed by atoms with van der Waals surface area (Å²) in [5, 5.41) is 4.56. The Hall–Kier alpha value is -7.62. The number of hydrogen-bond acceptors (Lipinski definition) is 3. The zero-order chi connectivity index (χ0) is 42.0. The molecule has 11 aromatic rings. The van der Waals surface area contributed by atoms with Crippen LogP contribution in [0.25, 0.3) is 88.4 Å². The summed E-state index contributed by atoms with van der Waals surface area (Å²) in [5.41, 5.74) is 19.1. The van der Waals surface area contributed by atoms with E-state index in [0.717, 1.165) is 94.3 Å². The van der Waals surface area contributed by atoms with Gasteiger partial charge in [-0.05, 0) is 111 Å². The minimum absolute atomic E-state index is 0.112. The van der Waals surface area contributed by atoms with Gasteiger partial charge < -0.3 is 13.7 Å². The molecule has 0 saturated heterocycles. The van der Waals surface area contributed by atoms with Crippen LogP contribution in [0.3, 0.4) is 0 Å². The molecule has 2 heterocycles. The van der Waals surface area contributed by atoms with Gasteiger partial charge in [-0.3, -0.25) is 0 Å². The Bertz CT molecular complexity index is 3440. The molecule has 2 aromatic heterocycles. The van der Waals surface area contributed by atoms with Crippen LogP contribution >= 0.6 is 0 Å². The van der Waals surface area contributed by atoms with Crippen molar-refractivity contribution in [3.05, 3.63) is 211 Å². The van der Waals surface area contributed by atoms with Crippen molar-refractivity contribution in [3.63, 3.8) is 0 Å². The highest BCUT2D eigenvalue weighted by Crippen LogP contribution is 2.51. The van der Waals surface area contributed by atoms with E-state index in [9.17, 15) is 0 Å². The third kappa shape index (κ3) is 6.03. The Morgan fingerprint density at radius 1 is 0.339 bits per heavy atom. The molecule has 0 fully saturated rings. The minimum Gasteiger partial charge on any atom is -0.456 e. The molecule has 0 saturated carbocycles. The molecule has 0 N–H and O–H groups in total. The van der Waals surface area contributed by atoms with Gasteiger partial charge >= 0.3 is 0 Å². The van der Waals surface area contributed by atoms with Crippen LogP contribution in [-0.4, -0.2) is 0 Å². The molecule has 298 valence electrons. The van der Waals surface area contributed by atoms with Gasteiger partial charge in [0.1, 0.15) is 22.3 Å². The maximum absolute atomic E-state index is 6.36. The van der Waals surface area contributed by atoms with E-state index in [1.807, 2.05) is 38.1 Å². The molecule has 0 atom stereocenters. The number of furan rings is 2. The number of hydrogen-bond donors (Lipinski definition) is 0. The van der Waals surface area contributed by atoms with Gasteiger partial charge in [-0.1, -0.05) is 167 Å². The van der Waals surface area contributed by atoms with E-state index in [1.54, 1.807) is 0 Å². The molecular weight excluding hydrogens is 755 g/mol. The zero-order valence-electron chi connectivity index (χ0n) is 35.3. The summed E-state index contributed by atoms with van der Waals surface area (Å²) in [4.78, 5) is 2.39. The molecule has 3 heteroatoms. The van der Waals surface area contributed by atoms with E-state index in [1.165, 1.54) is 22.3 Å². The second kappa shape index (κ2) is 14.8. The van der Waals surface area contributed by atoms with Crippen molar-refractivity contribution < 1.29 is 8.83 Å². The lowest BCUT2D eigenvalue weighted by Gasteiger charge is -2.28. The van der Waals surface area contributed by atoms with Crippen LogP contribution < -0.4 is 4.90 Å². The Morgan fingerprint density at radius 2 is 0.823 bits per heavy atom. The predicted molar refractivity (Wildman–Crippen MR) is 261 cm³/mol. The Labute approximate surface area is 362 Å². The first-order chi connectivity index (χ1) is 30.5. The van der Waals surface area contributed by atoms with Crippen LogP contribution in [0.2, 0.25) is 0 Å². The largest absolute Gasteiger partial charge is 0.456 e. The lowest BCUT2D eigenvalue weighted by atomic mass is 9.82. The van der Waals surface area contributed by atoms with Gasteiger partial charge in [-0.25, -0.2) is 0 Å². The number of para-hydroxylation sites is 3. The summed E-state index contributed by atoms with van der Waals surface area (Å²) in [6.07, 6.45) is 0. The van der Waals surface area contributed by atoms with Crippen LogP contribution in [0.5, 0.6) is 0 Å². The van der Waals surface area contributed by atoms with Crippen molar-refractivity contribution in [2.45, 2.75) is 33.1 Å². The number of nitrogens with zero attached hydrogens (tertiary/aromatic N) is 1. The van der Waals surface area contributed by atoms with E-state index >= 15 is 0 Å². The Morgan fingerprint density at radius 3 is 1.53 bits per heavy atom.